The van der Waals surface area contributed by atoms with Gasteiger partial charge < -0.3 is 15.3 Å². The first-order chi connectivity index (χ1) is 17.6. The highest BCUT2D eigenvalue weighted by Crippen LogP contribution is 2.62. The summed E-state index contributed by atoms with van der Waals surface area (Å²) in [5.41, 5.74) is 2.40. The SMILES string of the molecule is CN(CC(C)(C)O)c1ccn2c(C(=O)NC3CC4(C3)CC(c3n[nH]c(=O)c5ccccc35)C4)cnc2c1. The number of rotatable bonds is 6. The number of H-pyrrole nitrogens is 1. The lowest BCUT2D eigenvalue weighted by Gasteiger charge is -2.57. The first kappa shape index (κ1) is 23.7. The number of amides is 1. The number of nitrogens with zero attached hydrogens (tertiary/aromatic N) is 4. The third kappa shape index (κ3) is 4.27. The Labute approximate surface area is 214 Å². The van der Waals surface area contributed by atoms with Crippen molar-refractivity contribution in [2.24, 2.45) is 5.41 Å². The summed E-state index contributed by atoms with van der Waals surface area (Å²) in [6, 6.07) is 11.6. The number of aromatic amines is 1. The van der Waals surface area contributed by atoms with E-state index in [4.69, 9.17) is 0 Å². The molecule has 1 aromatic carbocycles. The third-order valence-electron chi connectivity index (χ3n) is 7.96. The molecule has 9 heteroatoms. The molecule has 3 heterocycles. The number of aliphatic hydroxyl groups is 1. The molecule has 9 nitrogen and oxygen atoms in total. The Balaban J connectivity index is 1.08. The van der Waals surface area contributed by atoms with Crippen LogP contribution in [0.2, 0.25) is 0 Å². The quantitative estimate of drug-likeness (QED) is 0.374. The van der Waals surface area contributed by atoms with Crippen LogP contribution in [0.15, 0.2) is 53.6 Å². The Morgan fingerprint density at radius 2 is 1.95 bits per heavy atom. The van der Waals surface area contributed by atoms with Crippen LogP contribution in [0.3, 0.4) is 0 Å². The molecule has 0 unspecified atom stereocenters. The first-order valence-electron chi connectivity index (χ1n) is 12.8. The summed E-state index contributed by atoms with van der Waals surface area (Å²) in [7, 11) is 1.92. The number of imidazole rings is 1. The zero-order valence-electron chi connectivity index (χ0n) is 21.4. The van der Waals surface area contributed by atoms with Crippen LogP contribution in [0.25, 0.3) is 16.4 Å². The minimum Gasteiger partial charge on any atom is -0.389 e. The van der Waals surface area contributed by atoms with Gasteiger partial charge in [0.15, 0.2) is 0 Å². The molecule has 1 spiro atoms. The topological polar surface area (TPSA) is 116 Å². The van der Waals surface area contributed by atoms with Gasteiger partial charge in [-0.15, -0.1) is 0 Å². The minimum absolute atomic E-state index is 0.117. The van der Waals surface area contributed by atoms with Crippen molar-refractivity contribution in [2.75, 3.05) is 18.5 Å². The van der Waals surface area contributed by atoms with Crippen LogP contribution in [-0.2, 0) is 0 Å². The summed E-state index contributed by atoms with van der Waals surface area (Å²) in [6.07, 6.45) is 7.44. The average molecular weight is 501 g/mol. The van der Waals surface area contributed by atoms with Crippen molar-refractivity contribution >= 4 is 28.0 Å². The predicted molar refractivity (Wildman–Crippen MR) is 142 cm³/mol. The molecule has 0 aliphatic heterocycles. The lowest BCUT2D eigenvalue weighted by Crippen LogP contribution is -2.55. The lowest BCUT2D eigenvalue weighted by atomic mass is 9.49. The Kier molecular flexibility index (Phi) is 5.38. The molecule has 3 N–H and O–H groups in total. The fraction of sp³-hybridized carbons (Fsp3) is 0.429. The van der Waals surface area contributed by atoms with Gasteiger partial charge in [-0.3, -0.25) is 14.0 Å². The van der Waals surface area contributed by atoms with Gasteiger partial charge in [-0.25, -0.2) is 10.1 Å². The van der Waals surface area contributed by atoms with Crippen molar-refractivity contribution < 1.29 is 9.90 Å². The highest BCUT2D eigenvalue weighted by molar-refractivity contribution is 5.93. The van der Waals surface area contributed by atoms with Gasteiger partial charge in [0, 0.05) is 48.9 Å². The van der Waals surface area contributed by atoms with Gasteiger partial charge in [-0.2, -0.15) is 5.10 Å². The average Bonchev–Trinajstić information content (AvgIpc) is 3.23. The van der Waals surface area contributed by atoms with Crippen molar-refractivity contribution in [1.82, 2.24) is 24.9 Å². The highest BCUT2D eigenvalue weighted by Gasteiger charge is 2.54. The predicted octanol–water partition coefficient (Wildman–Crippen LogP) is 3.23. The Morgan fingerprint density at radius 3 is 2.68 bits per heavy atom. The monoisotopic (exact) mass is 500 g/mol. The molecule has 2 fully saturated rings. The number of hydrogen-bond acceptors (Lipinski definition) is 6. The summed E-state index contributed by atoms with van der Waals surface area (Å²) >= 11 is 0. The van der Waals surface area contributed by atoms with Gasteiger partial charge in [0.25, 0.3) is 11.5 Å². The number of carbonyl (C=O) groups is 1. The molecular weight excluding hydrogens is 468 g/mol. The summed E-state index contributed by atoms with van der Waals surface area (Å²) in [5.74, 6) is 0.218. The van der Waals surface area contributed by atoms with Crippen LogP contribution in [0, 0.1) is 5.41 Å². The van der Waals surface area contributed by atoms with Crippen molar-refractivity contribution in [1.29, 1.82) is 0 Å². The Morgan fingerprint density at radius 1 is 1.22 bits per heavy atom. The number of hydrogen-bond donors (Lipinski definition) is 3. The summed E-state index contributed by atoms with van der Waals surface area (Å²) in [5, 5.41) is 22.0. The minimum atomic E-state index is -0.813. The number of nitrogens with one attached hydrogen (secondary N) is 2. The molecule has 2 saturated carbocycles. The molecule has 2 aliphatic rings. The summed E-state index contributed by atoms with van der Waals surface area (Å²) < 4.78 is 1.80. The van der Waals surface area contributed by atoms with Crippen molar-refractivity contribution in [3.8, 4) is 0 Å². The second-order valence-corrected chi connectivity index (χ2v) is 11.6. The molecule has 1 amide bonds. The Bertz CT molecular complexity index is 1550. The van der Waals surface area contributed by atoms with Gasteiger partial charge in [0.1, 0.15) is 11.3 Å². The van der Waals surface area contributed by atoms with Crippen LogP contribution in [0.1, 0.15) is 61.6 Å². The fourth-order valence-corrected chi connectivity index (χ4v) is 6.35. The largest absolute Gasteiger partial charge is 0.389 e. The highest BCUT2D eigenvalue weighted by atomic mass is 16.3. The maximum atomic E-state index is 13.1. The van der Waals surface area contributed by atoms with Crippen LogP contribution in [0.5, 0.6) is 0 Å². The number of pyridine rings is 1. The molecule has 0 saturated heterocycles. The molecule has 3 aromatic heterocycles. The molecule has 0 bridgehead atoms. The smallest absolute Gasteiger partial charge is 0.272 e. The summed E-state index contributed by atoms with van der Waals surface area (Å²) in [6.45, 7) is 4.03. The maximum absolute atomic E-state index is 13.1. The number of aromatic nitrogens is 4. The van der Waals surface area contributed by atoms with E-state index in [1.54, 1.807) is 24.4 Å². The van der Waals surface area contributed by atoms with E-state index in [1.165, 1.54) is 0 Å². The fourth-order valence-electron chi connectivity index (χ4n) is 6.35. The standard InChI is InChI=1S/C28H32N6O3/c1-27(2,37)16-33(3)19-8-9-34-22(15-29-23(34)10-19)26(36)30-18-13-28(14-18)11-17(12-28)24-20-6-4-5-7-21(20)25(35)32-31-24/h4-10,15,17-18,37H,11-14,16H2,1-3H3,(H,30,36)(H,32,35). The van der Waals surface area contributed by atoms with E-state index < -0.39 is 5.60 Å². The molecule has 2 aliphatic carbocycles. The molecule has 4 aromatic rings. The van der Waals surface area contributed by atoms with Gasteiger partial charge in [-0.1, -0.05) is 18.2 Å². The normalized spacial score (nSPS) is 23.1. The summed E-state index contributed by atoms with van der Waals surface area (Å²) in [4.78, 5) is 31.6. The van der Waals surface area contributed by atoms with Crippen molar-refractivity contribution in [3.05, 3.63) is 70.5 Å². The molecule has 192 valence electrons. The van der Waals surface area contributed by atoms with Crippen molar-refractivity contribution in [2.45, 2.75) is 57.1 Å². The van der Waals surface area contributed by atoms with E-state index >= 15 is 0 Å². The third-order valence-corrected chi connectivity index (χ3v) is 7.96. The van der Waals surface area contributed by atoms with Gasteiger partial charge in [-0.05, 0) is 57.1 Å². The van der Waals surface area contributed by atoms with Crippen molar-refractivity contribution in [3.63, 3.8) is 0 Å². The second kappa shape index (κ2) is 8.41. The number of carbonyl (C=O) groups excluding carboxylic acids is 1. The number of likely N-dealkylation sites (N-methyl/N-ethyl adjacent to an activating group) is 1. The molecule has 6 rings (SSSR count). The lowest BCUT2D eigenvalue weighted by molar-refractivity contribution is -0.0197. The zero-order valence-corrected chi connectivity index (χ0v) is 21.4. The van der Waals surface area contributed by atoms with E-state index in [9.17, 15) is 14.7 Å². The Hall–Kier alpha value is -3.72. The second-order valence-electron chi connectivity index (χ2n) is 11.6. The first-order valence-corrected chi connectivity index (χ1v) is 12.8. The van der Waals surface area contributed by atoms with E-state index in [2.05, 4.69) is 20.5 Å². The number of fused-ring (bicyclic) bond motifs is 2. The van der Waals surface area contributed by atoms with E-state index in [1.807, 2.05) is 54.5 Å². The van der Waals surface area contributed by atoms with Crippen LogP contribution < -0.4 is 15.8 Å². The number of benzene rings is 1. The van der Waals surface area contributed by atoms with Crippen LogP contribution in [0.4, 0.5) is 5.69 Å². The molecular formula is C28H32N6O3. The molecule has 0 atom stereocenters. The van der Waals surface area contributed by atoms with Crippen LogP contribution >= 0.6 is 0 Å². The van der Waals surface area contributed by atoms with E-state index in [0.717, 1.165) is 42.5 Å². The van der Waals surface area contributed by atoms with Gasteiger partial charge in [0.05, 0.1) is 22.9 Å². The zero-order chi connectivity index (χ0) is 25.9. The van der Waals surface area contributed by atoms with E-state index in [0.29, 0.717) is 29.2 Å². The van der Waals surface area contributed by atoms with Gasteiger partial charge in [0.2, 0.25) is 0 Å². The molecule has 37 heavy (non-hydrogen) atoms. The number of anilines is 1. The maximum Gasteiger partial charge on any atom is 0.272 e. The van der Waals surface area contributed by atoms with Gasteiger partial charge >= 0.3 is 0 Å². The van der Waals surface area contributed by atoms with E-state index in [-0.39, 0.29) is 22.9 Å². The molecule has 0 radical (unpaired) electrons. The van der Waals surface area contributed by atoms with Crippen LogP contribution in [-0.4, -0.2) is 55.8 Å².